The van der Waals surface area contributed by atoms with Crippen LogP contribution in [-0.2, 0) is 0 Å². The third kappa shape index (κ3) is 1.78. The lowest BCUT2D eigenvalue weighted by molar-refractivity contribution is 0.630. The molecule has 0 radical (unpaired) electrons. The maximum absolute atomic E-state index is 13.5. The van der Waals surface area contributed by atoms with Gasteiger partial charge in [-0.05, 0) is 24.3 Å². The SMILES string of the molecule is Fc1cccn2cc(-c3cccc(Cl)c3)nc12. The van der Waals surface area contributed by atoms with Crippen LogP contribution in [0.5, 0.6) is 0 Å². The first-order valence-electron chi connectivity index (χ1n) is 5.13. The fourth-order valence-corrected chi connectivity index (χ4v) is 1.96. The summed E-state index contributed by atoms with van der Waals surface area (Å²) in [6, 6.07) is 10.4. The van der Waals surface area contributed by atoms with E-state index in [0.717, 1.165) is 5.56 Å². The van der Waals surface area contributed by atoms with Gasteiger partial charge in [0, 0.05) is 23.0 Å². The minimum absolute atomic E-state index is 0.322. The molecule has 3 rings (SSSR count). The summed E-state index contributed by atoms with van der Waals surface area (Å²) in [6.07, 6.45) is 3.55. The van der Waals surface area contributed by atoms with E-state index in [-0.39, 0.29) is 5.82 Å². The Kier molecular flexibility index (Phi) is 2.34. The van der Waals surface area contributed by atoms with E-state index in [9.17, 15) is 4.39 Å². The summed E-state index contributed by atoms with van der Waals surface area (Å²) in [6.45, 7) is 0. The number of halogens is 2. The van der Waals surface area contributed by atoms with Gasteiger partial charge >= 0.3 is 0 Å². The smallest absolute Gasteiger partial charge is 0.173 e. The van der Waals surface area contributed by atoms with Crippen molar-refractivity contribution in [3.05, 3.63) is 59.6 Å². The number of pyridine rings is 1. The van der Waals surface area contributed by atoms with Gasteiger partial charge in [-0.3, -0.25) is 0 Å². The van der Waals surface area contributed by atoms with Gasteiger partial charge in [0.25, 0.3) is 0 Å². The second-order valence-electron chi connectivity index (χ2n) is 3.72. The lowest BCUT2D eigenvalue weighted by atomic mass is 10.2. The Bertz CT molecular complexity index is 691. The van der Waals surface area contributed by atoms with Crippen molar-refractivity contribution in [3.8, 4) is 11.3 Å². The molecular weight excluding hydrogens is 239 g/mol. The molecule has 1 aromatic carbocycles. The molecule has 17 heavy (non-hydrogen) atoms. The summed E-state index contributed by atoms with van der Waals surface area (Å²) in [4.78, 5) is 4.25. The number of fused-ring (bicyclic) bond motifs is 1. The molecule has 0 amide bonds. The zero-order valence-corrected chi connectivity index (χ0v) is 9.53. The third-order valence-corrected chi connectivity index (χ3v) is 2.79. The van der Waals surface area contributed by atoms with Crippen LogP contribution in [0, 0.1) is 5.82 Å². The Morgan fingerprint density at radius 1 is 1.18 bits per heavy atom. The van der Waals surface area contributed by atoms with Gasteiger partial charge in [-0.15, -0.1) is 0 Å². The highest BCUT2D eigenvalue weighted by Crippen LogP contribution is 2.22. The largest absolute Gasteiger partial charge is 0.304 e. The molecule has 0 N–H and O–H groups in total. The molecule has 0 unspecified atom stereocenters. The fraction of sp³-hybridized carbons (Fsp3) is 0. The number of aromatic nitrogens is 2. The topological polar surface area (TPSA) is 17.3 Å². The van der Waals surface area contributed by atoms with Crippen LogP contribution in [0.15, 0.2) is 48.8 Å². The Labute approximate surface area is 102 Å². The van der Waals surface area contributed by atoms with Crippen LogP contribution in [0.2, 0.25) is 5.02 Å². The zero-order valence-electron chi connectivity index (χ0n) is 8.77. The normalized spacial score (nSPS) is 10.9. The Morgan fingerprint density at radius 3 is 2.82 bits per heavy atom. The van der Waals surface area contributed by atoms with Gasteiger partial charge in [0.2, 0.25) is 0 Å². The van der Waals surface area contributed by atoms with E-state index in [2.05, 4.69) is 4.98 Å². The van der Waals surface area contributed by atoms with Gasteiger partial charge in [0.05, 0.1) is 5.69 Å². The van der Waals surface area contributed by atoms with Crippen LogP contribution in [0.1, 0.15) is 0 Å². The van der Waals surface area contributed by atoms with Crippen LogP contribution >= 0.6 is 11.6 Å². The van der Waals surface area contributed by atoms with Crippen molar-refractivity contribution < 1.29 is 4.39 Å². The van der Waals surface area contributed by atoms with Crippen LogP contribution in [0.3, 0.4) is 0 Å². The fourth-order valence-electron chi connectivity index (χ4n) is 1.77. The molecule has 4 heteroatoms. The van der Waals surface area contributed by atoms with Gasteiger partial charge in [-0.1, -0.05) is 23.7 Å². The van der Waals surface area contributed by atoms with Crippen LogP contribution in [-0.4, -0.2) is 9.38 Å². The van der Waals surface area contributed by atoms with Gasteiger partial charge in [0.15, 0.2) is 11.5 Å². The van der Waals surface area contributed by atoms with E-state index in [1.807, 2.05) is 12.1 Å². The minimum atomic E-state index is -0.333. The van der Waals surface area contributed by atoms with Crippen molar-refractivity contribution in [2.45, 2.75) is 0 Å². The van der Waals surface area contributed by atoms with E-state index in [1.54, 1.807) is 35.0 Å². The third-order valence-electron chi connectivity index (χ3n) is 2.56. The van der Waals surface area contributed by atoms with Crippen LogP contribution in [0.25, 0.3) is 16.9 Å². The number of hydrogen-bond acceptors (Lipinski definition) is 1. The maximum atomic E-state index is 13.5. The summed E-state index contributed by atoms with van der Waals surface area (Å²) >= 11 is 5.92. The van der Waals surface area contributed by atoms with E-state index in [1.165, 1.54) is 6.07 Å². The molecule has 2 nitrogen and oxygen atoms in total. The lowest BCUT2D eigenvalue weighted by Crippen LogP contribution is -1.84. The predicted molar refractivity (Wildman–Crippen MR) is 65.6 cm³/mol. The molecule has 0 bridgehead atoms. The van der Waals surface area contributed by atoms with E-state index < -0.39 is 0 Å². The molecular formula is C13H8ClFN2. The second-order valence-corrected chi connectivity index (χ2v) is 4.16. The van der Waals surface area contributed by atoms with E-state index >= 15 is 0 Å². The van der Waals surface area contributed by atoms with Crippen molar-refractivity contribution >= 4 is 17.2 Å². The summed E-state index contributed by atoms with van der Waals surface area (Å²) in [5, 5.41) is 0.639. The summed E-state index contributed by atoms with van der Waals surface area (Å²) in [5.41, 5.74) is 1.90. The van der Waals surface area contributed by atoms with E-state index in [0.29, 0.717) is 16.4 Å². The Morgan fingerprint density at radius 2 is 2.06 bits per heavy atom. The molecule has 0 fully saturated rings. The number of rotatable bonds is 1. The highest BCUT2D eigenvalue weighted by molar-refractivity contribution is 6.30. The molecule has 0 saturated carbocycles. The summed E-state index contributed by atoms with van der Waals surface area (Å²) < 4.78 is 15.1. The van der Waals surface area contributed by atoms with Crippen molar-refractivity contribution in [2.75, 3.05) is 0 Å². The number of hydrogen-bond donors (Lipinski definition) is 0. The predicted octanol–water partition coefficient (Wildman–Crippen LogP) is 3.79. The van der Waals surface area contributed by atoms with Crippen LogP contribution < -0.4 is 0 Å². The molecule has 0 aliphatic heterocycles. The molecule has 0 atom stereocenters. The monoisotopic (exact) mass is 246 g/mol. The number of benzene rings is 1. The molecule has 3 aromatic rings. The molecule has 84 valence electrons. The molecule has 0 spiro atoms. The lowest BCUT2D eigenvalue weighted by Gasteiger charge is -1.95. The van der Waals surface area contributed by atoms with Gasteiger partial charge < -0.3 is 4.40 Å². The Balaban J connectivity index is 2.22. The summed E-state index contributed by atoms with van der Waals surface area (Å²) in [5.74, 6) is -0.333. The van der Waals surface area contributed by atoms with Gasteiger partial charge in [-0.2, -0.15) is 0 Å². The highest BCUT2D eigenvalue weighted by Gasteiger charge is 2.07. The van der Waals surface area contributed by atoms with Crippen molar-refractivity contribution in [2.24, 2.45) is 0 Å². The van der Waals surface area contributed by atoms with Gasteiger partial charge in [-0.25, -0.2) is 9.37 Å². The average molecular weight is 247 g/mol. The van der Waals surface area contributed by atoms with Crippen molar-refractivity contribution in [1.29, 1.82) is 0 Å². The maximum Gasteiger partial charge on any atom is 0.173 e. The molecule has 0 aliphatic rings. The number of nitrogens with zero attached hydrogens (tertiary/aromatic N) is 2. The van der Waals surface area contributed by atoms with Crippen molar-refractivity contribution in [3.63, 3.8) is 0 Å². The summed E-state index contributed by atoms with van der Waals surface area (Å²) in [7, 11) is 0. The van der Waals surface area contributed by atoms with Crippen molar-refractivity contribution in [1.82, 2.24) is 9.38 Å². The standard InChI is InChI=1S/C13H8ClFN2/c14-10-4-1-3-9(7-10)12-8-17-6-2-5-11(15)13(17)16-12/h1-8H. The molecule has 2 heterocycles. The first-order chi connectivity index (χ1) is 8.24. The van der Waals surface area contributed by atoms with Crippen LogP contribution in [0.4, 0.5) is 4.39 Å². The molecule has 0 saturated heterocycles. The van der Waals surface area contributed by atoms with E-state index in [4.69, 9.17) is 11.6 Å². The number of imidazole rings is 1. The second kappa shape index (κ2) is 3.86. The zero-order chi connectivity index (χ0) is 11.8. The molecule has 2 aromatic heterocycles. The average Bonchev–Trinajstić information content (AvgIpc) is 2.74. The van der Waals surface area contributed by atoms with Gasteiger partial charge in [0.1, 0.15) is 0 Å². The molecule has 0 aliphatic carbocycles. The minimum Gasteiger partial charge on any atom is -0.304 e. The first-order valence-corrected chi connectivity index (χ1v) is 5.51. The highest BCUT2D eigenvalue weighted by atomic mass is 35.5. The first kappa shape index (κ1) is 10.3. The quantitative estimate of drug-likeness (QED) is 0.639. The Hall–Kier alpha value is -1.87.